The number of carbonyl (C=O) groups excluding carboxylic acids is 1. The van der Waals surface area contributed by atoms with Gasteiger partial charge in [0.25, 0.3) is 0 Å². The monoisotopic (exact) mass is 359 g/mol. The van der Waals surface area contributed by atoms with Gasteiger partial charge in [0, 0.05) is 37.4 Å². The van der Waals surface area contributed by atoms with E-state index in [1.807, 2.05) is 31.5 Å². The molecule has 26 heavy (non-hydrogen) atoms. The van der Waals surface area contributed by atoms with Crippen molar-refractivity contribution in [2.75, 3.05) is 18.4 Å². The second kappa shape index (κ2) is 7.37. The van der Waals surface area contributed by atoms with Crippen LogP contribution in [0.2, 0.25) is 0 Å². The Hall–Kier alpha value is -2.54. The SMILES string of the molecule is CC(C)c1cc(NC(=O)ON2CCCCC2)cc2c(C(=O)O)cn(C)c12. The standard InChI is InChI=1S/C19H25N3O4/c1-12(2)14-9-13(20-19(25)26-22-7-5-4-6-8-22)10-15-16(18(23)24)11-21(3)17(14)15/h9-12H,4-8H2,1-3H3,(H,20,25)(H,23,24). The average Bonchev–Trinajstić information content (AvgIpc) is 2.92. The van der Waals surface area contributed by atoms with Crippen LogP contribution in [0.1, 0.15) is 54.9 Å². The Kier molecular flexibility index (Phi) is 5.18. The molecule has 1 aliphatic rings. The molecule has 1 aromatic carbocycles. The molecule has 3 rings (SSSR count). The number of carboxylic acids is 1. The van der Waals surface area contributed by atoms with Gasteiger partial charge in [0.1, 0.15) is 0 Å². The molecule has 0 atom stereocenters. The maximum absolute atomic E-state index is 12.2. The number of carboxylic acid groups (broad SMARTS) is 1. The van der Waals surface area contributed by atoms with E-state index in [9.17, 15) is 14.7 Å². The Balaban J connectivity index is 1.91. The van der Waals surface area contributed by atoms with Crippen LogP contribution >= 0.6 is 0 Å². The van der Waals surface area contributed by atoms with Gasteiger partial charge in [-0.15, -0.1) is 5.06 Å². The van der Waals surface area contributed by atoms with E-state index in [2.05, 4.69) is 5.32 Å². The summed E-state index contributed by atoms with van der Waals surface area (Å²) in [7, 11) is 1.83. The van der Waals surface area contributed by atoms with Crippen molar-refractivity contribution in [3.05, 3.63) is 29.5 Å². The van der Waals surface area contributed by atoms with Crippen molar-refractivity contribution < 1.29 is 19.5 Å². The van der Waals surface area contributed by atoms with E-state index in [-0.39, 0.29) is 11.5 Å². The van der Waals surface area contributed by atoms with Crippen LogP contribution in [0.4, 0.5) is 10.5 Å². The first-order chi connectivity index (χ1) is 12.4. The van der Waals surface area contributed by atoms with E-state index >= 15 is 0 Å². The predicted molar refractivity (Wildman–Crippen MR) is 99.5 cm³/mol. The molecule has 0 unspecified atom stereocenters. The van der Waals surface area contributed by atoms with E-state index in [1.54, 1.807) is 17.3 Å². The smallest absolute Gasteiger partial charge is 0.430 e. The fraction of sp³-hybridized carbons (Fsp3) is 0.474. The number of aryl methyl sites for hydroxylation is 1. The first kappa shape index (κ1) is 18.3. The molecule has 1 amide bonds. The zero-order chi connectivity index (χ0) is 18.8. The highest BCUT2D eigenvalue weighted by molar-refractivity contribution is 6.06. The first-order valence-electron chi connectivity index (χ1n) is 8.97. The number of nitrogens with one attached hydrogen (secondary N) is 1. The van der Waals surface area contributed by atoms with Gasteiger partial charge >= 0.3 is 12.1 Å². The molecule has 0 radical (unpaired) electrons. The number of benzene rings is 1. The second-order valence-corrected chi connectivity index (χ2v) is 7.07. The minimum Gasteiger partial charge on any atom is -0.478 e. The molecule has 0 spiro atoms. The van der Waals surface area contributed by atoms with Crippen LogP contribution < -0.4 is 5.32 Å². The summed E-state index contributed by atoms with van der Waals surface area (Å²) in [5.41, 5.74) is 2.60. The number of amides is 1. The second-order valence-electron chi connectivity index (χ2n) is 7.07. The van der Waals surface area contributed by atoms with E-state index in [0.29, 0.717) is 11.1 Å². The maximum Gasteiger partial charge on any atom is 0.430 e. The molecule has 1 aliphatic heterocycles. The lowest BCUT2D eigenvalue weighted by Gasteiger charge is -2.24. The zero-order valence-corrected chi connectivity index (χ0v) is 15.4. The van der Waals surface area contributed by atoms with Gasteiger partial charge in [0.05, 0.1) is 11.1 Å². The van der Waals surface area contributed by atoms with Gasteiger partial charge in [-0.05, 0) is 36.5 Å². The fourth-order valence-corrected chi connectivity index (χ4v) is 3.48. The maximum atomic E-state index is 12.2. The number of aromatic carboxylic acids is 1. The highest BCUT2D eigenvalue weighted by Crippen LogP contribution is 2.32. The third-order valence-electron chi connectivity index (χ3n) is 4.73. The Morgan fingerprint density at radius 1 is 1.19 bits per heavy atom. The lowest BCUT2D eigenvalue weighted by Crippen LogP contribution is -2.34. The molecule has 0 saturated carbocycles. The summed E-state index contributed by atoms with van der Waals surface area (Å²) < 4.78 is 1.82. The Labute approximate surface area is 152 Å². The molecule has 0 aliphatic carbocycles. The summed E-state index contributed by atoms with van der Waals surface area (Å²) >= 11 is 0. The third kappa shape index (κ3) is 3.67. The van der Waals surface area contributed by atoms with Crippen molar-refractivity contribution in [2.45, 2.75) is 39.0 Å². The molecule has 2 heterocycles. The molecule has 2 aromatic rings. The quantitative estimate of drug-likeness (QED) is 0.863. The number of fused-ring (bicyclic) bond motifs is 1. The number of piperidine rings is 1. The van der Waals surface area contributed by atoms with Crippen LogP contribution in [0.3, 0.4) is 0 Å². The molecule has 7 heteroatoms. The summed E-state index contributed by atoms with van der Waals surface area (Å²) in [4.78, 5) is 29.2. The summed E-state index contributed by atoms with van der Waals surface area (Å²) in [6, 6.07) is 3.58. The highest BCUT2D eigenvalue weighted by atomic mass is 16.7. The Morgan fingerprint density at radius 3 is 2.50 bits per heavy atom. The van der Waals surface area contributed by atoms with Crippen molar-refractivity contribution in [3.63, 3.8) is 0 Å². The van der Waals surface area contributed by atoms with Crippen molar-refractivity contribution in [1.29, 1.82) is 0 Å². The van der Waals surface area contributed by atoms with Crippen molar-refractivity contribution in [2.24, 2.45) is 7.05 Å². The minimum absolute atomic E-state index is 0.174. The Morgan fingerprint density at radius 2 is 1.88 bits per heavy atom. The van der Waals surface area contributed by atoms with Gasteiger partial charge in [0.2, 0.25) is 0 Å². The van der Waals surface area contributed by atoms with E-state index in [4.69, 9.17) is 4.84 Å². The van der Waals surface area contributed by atoms with Gasteiger partial charge in [-0.2, -0.15) is 0 Å². The van der Waals surface area contributed by atoms with Crippen LogP contribution in [0.5, 0.6) is 0 Å². The van der Waals surface area contributed by atoms with Crippen LogP contribution in [0, 0.1) is 0 Å². The molecule has 1 fully saturated rings. The molecular formula is C19H25N3O4. The predicted octanol–water partition coefficient (Wildman–Crippen LogP) is 3.95. The van der Waals surface area contributed by atoms with E-state index in [0.717, 1.165) is 43.4 Å². The van der Waals surface area contributed by atoms with Gasteiger partial charge in [-0.3, -0.25) is 5.32 Å². The number of hydroxylamine groups is 2. The first-order valence-corrected chi connectivity index (χ1v) is 8.97. The summed E-state index contributed by atoms with van der Waals surface area (Å²) in [5.74, 6) is -0.814. The van der Waals surface area contributed by atoms with Gasteiger partial charge in [-0.1, -0.05) is 20.3 Å². The molecule has 7 nitrogen and oxygen atoms in total. The number of hydrogen-bond donors (Lipinski definition) is 2. The number of nitrogens with zero attached hydrogens (tertiary/aromatic N) is 2. The largest absolute Gasteiger partial charge is 0.478 e. The topological polar surface area (TPSA) is 83.8 Å². The lowest BCUT2D eigenvalue weighted by atomic mass is 9.98. The summed E-state index contributed by atoms with van der Waals surface area (Å²) in [6.45, 7) is 5.56. The molecule has 2 N–H and O–H groups in total. The third-order valence-corrected chi connectivity index (χ3v) is 4.73. The highest BCUT2D eigenvalue weighted by Gasteiger charge is 2.20. The fourth-order valence-electron chi connectivity index (χ4n) is 3.48. The number of anilines is 1. The molecular weight excluding hydrogens is 334 g/mol. The van der Waals surface area contributed by atoms with E-state index < -0.39 is 12.1 Å². The average molecular weight is 359 g/mol. The van der Waals surface area contributed by atoms with Crippen LogP contribution in [-0.4, -0.2) is 39.9 Å². The van der Waals surface area contributed by atoms with Gasteiger partial charge < -0.3 is 14.5 Å². The van der Waals surface area contributed by atoms with Crippen LogP contribution in [-0.2, 0) is 11.9 Å². The van der Waals surface area contributed by atoms with Crippen molar-refractivity contribution in [1.82, 2.24) is 9.63 Å². The summed E-state index contributed by atoms with van der Waals surface area (Å²) in [5, 5.41) is 14.5. The normalized spacial score (nSPS) is 15.4. The molecule has 1 aromatic heterocycles. The van der Waals surface area contributed by atoms with Gasteiger partial charge in [-0.25, -0.2) is 9.59 Å². The van der Waals surface area contributed by atoms with Crippen molar-refractivity contribution >= 4 is 28.7 Å². The lowest BCUT2D eigenvalue weighted by molar-refractivity contribution is -0.105. The molecule has 1 saturated heterocycles. The number of rotatable bonds is 4. The van der Waals surface area contributed by atoms with Crippen LogP contribution in [0.15, 0.2) is 18.3 Å². The number of aromatic nitrogens is 1. The Bertz CT molecular complexity index is 835. The van der Waals surface area contributed by atoms with Crippen molar-refractivity contribution in [3.8, 4) is 0 Å². The minimum atomic E-state index is -0.988. The molecule has 140 valence electrons. The van der Waals surface area contributed by atoms with Crippen LogP contribution in [0.25, 0.3) is 10.9 Å². The van der Waals surface area contributed by atoms with Gasteiger partial charge in [0.15, 0.2) is 0 Å². The number of hydrogen-bond acceptors (Lipinski definition) is 4. The number of carbonyl (C=O) groups is 2. The molecule has 0 bridgehead atoms. The zero-order valence-electron chi connectivity index (χ0n) is 15.4. The van der Waals surface area contributed by atoms with E-state index in [1.165, 1.54) is 0 Å². The summed E-state index contributed by atoms with van der Waals surface area (Å²) in [6.07, 6.45) is 4.25.